The molecule has 0 atom stereocenters. The summed E-state index contributed by atoms with van der Waals surface area (Å²) in [6, 6.07) is 6.40. The molecule has 0 unspecified atom stereocenters. The van der Waals surface area contributed by atoms with Crippen LogP contribution < -0.4 is 10.6 Å². The Balaban J connectivity index is 1.82. The van der Waals surface area contributed by atoms with Gasteiger partial charge in [-0.05, 0) is 19.1 Å². The van der Waals surface area contributed by atoms with Gasteiger partial charge in [-0.15, -0.1) is 0 Å². The Morgan fingerprint density at radius 3 is 2.90 bits per heavy atom. The summed E-state index contributed by atoms with van der Waals surface area (Å²) in [6.45, 7) is 1.86. The molecule has 0 saturated heterocycles. The Bertz CT molecular complexity index is 595. The molecule has 0 aliphatic carbocycles. The van der Waals surface area contributed by atoms with E-state index in [1.54, 1.807) is 24.3 Å². The molecule has 0 fully saturated rings. The zero-order chi connectivity index (χ0) is 14.4. The number of Topliss-reactive ketones (excluding diaryl/α,β-unsaturated/α-hetero) is 1. The van der Waals surface area contributed by atoms with E-state index in [4.69, 9.17) is 0 Å². The molecule has 2 amide bonds. The number of carbonyl (C=O) groups is 2. The Hall–Kier alpha value is -2.70. The topological polar surface area (TPSA) is 97.1 Å². The summed E-state index contributed by atoms with van der Waals surface area (Å²) in [5.74, 6) is 0.482. The van der Waals surface area contributed by atoms with E-state index in [-0.39, 0.29) is 11.8 Å². The van der Waals surface area contributed by atoms with Crippen molar-refractivity contribution in [2.24, 2.45) is 0 Å². The molecule has 0 bridgehead atoms. The average molecular weight is 274 g/mol. The fourth-order valence-corrected chi connectivity index (χ4v) is 1.58. The maximum atomic E-state index is 11.7. The molecule has 2 aromatic rings. The third-order valence-corrected chi connectivity index (χ3v) is 2.57. The first kappa shape index (κ1) is 13.7. The van der Waals surface area contributed by atoms with Gasteiger partial charge in [0.15, 0.2) is 11.6 Å². The second-order valence-electron chi connectivity index (χ2n) is 4.12. The molecule has 20 heavy (non-hydrogen) atoms. The van der Waals surface area contributed by atoms with Crippen molar-refractivity contribution in [3.63, 3.8) is 0 Å². The van der Waals surface area contributed by atoms with Gasteiger partial charge < -0.3 is 15.2 Å². The molecule has 1 aromatic carbocycles. The summed E-state index contributed by atoms with van der Waals surface area (Å²) in [6.07, 6.45) is 1.72. The normalized spacial score (nSPS) is 10.1. The third-order valence-electron chi connectivity index (χ3n) is 2.57. The molecular formula is C13H14N4O3. The minimum atomic E-state index is -0.353. The summed E-state index contributed by atoms with van der Waals surface area (Å²) in [5.41, 5.74) is 1.12. The summed E-state index contributed by atoms with van der Waals surface area (Å²) >= 11 is 0. The Morgan fingerprint density at radius 2 is 2.20 bits per heavy atom. The van der Waals surface area contributed by atoms with Crippen LogP contribution in [0.15, 0.2) is 35.2 Å². The van der Waals surface area contributed by atoms with Gasteiger partial charge in [-0.2, -0.15) is 4.98 Å². The van der Waals surface area contributed by atoms with Gasteiger partial charge in [0.25, 0.3) is 0 Å². The molecule has 0 saturated carbocycles. The number of amides is 2. The largest absolute Gasteiger partial charge is 0.343 e. The fraction of sp³-hybridized carbons (Fsp3) is 0.231. The van der Waals surface area contributed by atoms with E-state index in [1.165, 1.54) is 13.3 Å². The van der Waals surface area contributed by atoms with Crippen molar-refractivity contribution in [2.45, 2.75) is 13.3 Å². The third kappa shape index (κ3) is 3.91. The predicted molar refractivity (Wildman–Crippen MR) is 71.5 cm³/mol. The molecule has 0 aliphatic heterocycles. The zero-order valence-electron chi connectivity index (χ0n) is 10.9. The molecule has 7 heteroatoms. The Morgan fingerprint density at radius 1 is 1.35 bits per heavy atom. The van der Waals surface area contributed by atoms with Crippen molar-refractivity contribution in [3.05, 3.63) is 42.0 Å². The smallest absolute Gasteiger partial charge is 0.319 e. The van der Waals surface area contributed by atoms with Crippen molar-refractivity contribution in [2.75, 3.05) is 11.9 Å². The van der Waals surface area contributed by atoms with E-state index in [0.29, 0.717) is 30.0 Å². The molecule has 1 aromatic heterocycles. The van der Waals surface area contributed by atoms with Crippen LogP contribution in [-0.4, -0.2) is 28.5 Å². The number of ketones is 1. The molecule has 0 radical (unpaired) electrons. The van der Waals surface area contributed by atoms with Crippen molar-refractivity contribution in [1.29, 1.82) is 0 Å². The van der Waals surface area contributed by atoms with Gasteiger partial charge in [-0.25, -0.2) is 4.79 Å². The first-order valence-corrected chi connectivity index (χ1v) is 6.06. The number of hydrogen-bond acceptors (Lipinski definition) is 5. The number of nitrogens with zero attached hydrogens (tertiary/aromatic N) is 2. The lowest BCUT2D eigenvalue weighted by Gasteiger charge is -2.07. The molecule has 0 aliphatic rings. The van der Waals surface area contributed by atoms with Gasteiger partial charge in [0, 0.05) is 24.2 Å². The van der Waals surface area contributed by atoms with Crippen LogP contribution in [0.1, 0.15) is 23.1 Å². The van der Waals surface area contributed by atoms with Crippen LogP contribution in [0.25, 0.3) is 0 Å². The summed E-state index contributed by atoms with van der Waals surface area (Å²) in [7, 11) is 0. The quantitative estimate of drug-likeness (QED) is 0.808. The predicted octanol–water partition coefficient (Wildman–Crippen LogP) is 1.64. The summed E-state index contributed by atoms with van der Waals surface area (Å²) < 4.78 is 4.58. The van der Waals surface area contributed by atoms with Gasteiger partial charge in [0.2, 0.25) is 6.39 Å². The molecule has 1 heterocycles. The summed E-state index contributed by atoms with van der Waals surface area (Å²) in [4.78, 5) is 26.7. The lowest BCUT2D eigenvalue weighted by Crippen LogP contribution is -2.30. The van der Waals surface area contributed by atoms with Crippen molar-refractivity contribution >= 4 is 17.5 Å². The average Bonchev–Trinajstić information content (AvgIpc) is 2.92. The van der Waals surface area contributed by atoms with Crippen LogP contribution in [0.3, 0.4) is 0 Å². The zero-order valence-corrected chi connectivity index (χ0v) is 10.9. The van der Waals surface area contributed by atoms with Crippen molar-refractivity contribution in [1.82, 2.24) is 15.5 Å². The Labute approximate surface area is 115 Å². The van der Waals surface area contributed by atoms with Gasteiger partial charge in [-0.3, -0.25) is 4.79 Å². The Kier molecular flexibility index (Phi) is 4.43. The van der Waals surface area contributed by atoms with Crippen LogP contribution >= 0.6 is 0 Å². The maximum absolute atomic E-state index is 11.7. The number of benzene rings is 1. The van der Waals surface area contributed by atoms with Crippen LogP contribution in [0.2, 0.25) is 0 Å². The van der Waals surface area contributed by atoms with Gasteiger partial charge in [0.05, 0.1) is 0 Å². The van der Waals surface area contributed by atoms with E-state index in [1.807, 2.05) is 0 Å². The summed E-state index contributed by atoms with van der Waals surface area (Å²) in [5, 5.41) is 8.95. The minimum Gasteiger partial charge on any atom is -0.343 e. The standard InChI is InChI=1S/C13H14N4O3/c1-9(18)10-3-2-4-11(7-10)16-13(19)14-6-5-12-15-8-20-17-12/h2-4,7-8H,5-6H2,1H3,(H2,14,16,19). The number of anilines is 1. The van der Waals surface area contributed by atoms with Crippen LogP contribution in [0, 0.1) is 0 Å². The van der Waals surface area contributed by atoms with Gasteiger partial charge >= 0.3 is 6.03 Å². The second-order valence-corrected chi connectivity index (χ2v) is 4.12. The lowest BCUT2D eigenvalue weighted by molar-refractivity contribution is 0.101. The van der Waals surface area contributed by atoms with Crippen LogP contribution in [0.5, 0.6) is 0 Å². The van der Waals surface area contributed by atoms with E-state index >= 15 is 0 Å². The molecule has 104 valence electrons. The SMILES string of the molecule is CC(=O)c1cccc(NC(=O)NCCc2ncon2)c1. The van der Waals surface area contributed by atoms with Crippen molar-refractivity contribution in [3.8, 4) is 0 Å². The first-order chi connectivity index (χ1) is 9.65. The van der Waals surface area contributed by atoms with Gasteiger partial charge in [-0.1, -0.05) is 17.3 Å². The lowest BCUT2D eigenvalue weighted by atomic mass is 10.1. The number of nitrogens with one attached hydrogen (secondary N) is 2. The van der Waals surface area contributed by atoms with E-state index in [9.17, 15) is 9.59 Å². The number of hydrogen-bond donors (Lipinski definition) is 2. The monoisotopic (exact) mass is 274 g/mol. The first-order valence-electron chi connectivity index (χ1n) is 6.06. The fourth-order valence-electron chi connectivity index (χ4n) is 1.58. The number of rotatable bonds is 5. The van der Waals surface area contributed by atoms with E-state index in [0.717, 1.165) is 0 Å². The van der Waals surface area contributed by atoms with Crippen LogP contribution in [0.4, 0.5) is 10.5 Å². The van der Waals surface area contributed by atoms with E-state index < -0.39 is 0 Å². The highest BCUT2D eigenvalue weighted by atomic mass is 16.5. The van der Waals surface area contributed by atoms with Gasteiger partial charge in [0.1, 0.15) is 0 Å². The highest BCUT2D eigenvalue weighted by Crippen LogP contribution is 2.10. The van der Waals surface area contributed by atoms with E-state index in [2.05, 4.69) is 25.3 Å². The minimum absolute atomic E-state index is 0.0498. The second kappa shape index (κ2) is 6.46. The number of aromatic nitrogens is 2. The highest BCUT2D eigenvalue weighted by Gasteiger charge is 2.05. The molecular weight excluding hydrogens is 260 g/mol. The maximum Gasteiger partial charge on any atom is 0.319 e. The molecule has 7 nitrogen and oxygen atoms in total. The molecule has 0 spiro atoms. The van der Waals surface area contributed by atoms with Crippen LogP contribution in [-0.2, 0) is 6.42 Å². The number of carbonyl (C=O) groups excluding carboxylic acids is 2. The number of urea groups is 1. The molecule has 2 rings (SSSR count). The van der Waals surface area contributed by atoms with Crippen molar-refractivity contribution < 1.29 is 14.1 Å². The molecule has 2 N–H and O–H groups in total. The highest BCUT2D eigenvalue weighted by molar-refractivity contribution is 5.96.